The molecule has 2 heteroatoms. The molecule has 3 fully saturated rings. The normalized spacial score (nSPS) is 38.8. The molecule has 5 unspecified atom stereocenters. The molecule has 0 aromatic carbocycles. The maximum Gasteiger partial charge on any atom is 0.0270 e. The minimum absolute atomic E-state index is 0.704. The molecule has 3 aliphatic rings. The fraction of sp³-hybridized carbons (Fsp3) is 0.722. The second-order valence-electron chi connectivity index (χ2n) is 7.19. The van der Waals surface area contributed by atoms with Gasteiger partial charge < -0.3 is 5.32 Å². The third kappa shape index (κ3) is 2.09. The minimum atomic E-state index is 0.704. The topological polar surface area (TPSA) is 24.9 Å². The van der Waals surface area contributed by atoms with E-state index in [4.69, 9.17) is 0 Å². The van der Waals surface area contributed by atoms with Gasteiger partial charge in [-0.25, -0.2) is 0 Å². The number of pyridine rings is 1. The second kappa shape index (κ2) is 5.14. The number of nitrogens with one attached hydrogen (secondary N) is 1. The van der Waals surface area contributed by atoms with E-state index < -0.39 is 0 Å². The highest BCUT2D eigenvalue weighted by molar-refractivity contribution is 5.19. The molecule has 0 radical (unpaired) electrons. The molecular formula is C18H26N2. The molecule has 20 heavy (non-hydrogen) atoms. The molecule has 0 spiro atoms. The molecule has 3 aliphatic carbocycles. The van der Waals surface area contributed by atoms with Crippen LogP contribution in [0.25, 0.3) is 0 Å². The number of aromatic nitrogens is 1. The smallest absolute Gasteiger partial charge is 0.0270 e. The highest BCUT2D eigenvalue weighted by atomic mass is 14.9. The van der Waals surface area contributed by atoms with Gasteiger partial charge in [0.2, 0.25) is 0 Å². The molecule has 2 nitrogen and oxygen atoms in total. The van der Waals surface area contributed by atoms with Gasteiger partial charge in [-0.3, -0.25) is 4.98 Å². The van der Waals surface area contributed by atoms with Gasteiger partial charge in [-0.1, -0.05) is 6.92 Å². The van der Waals surface area contributed by atoms with Crippen LogP contribution in [0.2, 0.25) is 0 Å². The van der Waals surface area contributed by atoms with Crippen molar-refractivity contribution in [2.45, 2.75) is 45.1 Å². The van der Waals surface area contributed by atoms with E-state index in [0.717, 1.165) is 29.6 Å². The molecule has 0 saturated heterocycles. The highest BCUT2D eigenvalue weighted by Gasteiger charge is 2.66. The first-order valence-electron chi connectivity index (χ1n) is 8.50. The fourth-order valence-electron chi connectivity index (χ4n) is 5.38. The number of hydrogen-bond acceptors (Lipinski definition) is 2. The number of hydrogen-bond donors (Lipinski definition) is 1. The molecule has 2 bridgehead atoms. The zero-order chi connectivity index (χ0) is 13.5. The standard InChI is InChI=1S/C18H26N2/c1-2-7-20-15(10-12-5-8-19-9-6-12)18-16-13-3-4-14(11-13)17(16)18/h5-6,8-9,13-18,20H,2-4,7,10-11H2,1H3. The molecule has 5 atom stereocenters. The van der Waals surface area contributed by atoms with E-state index in [1.165, 1.54) is 37.8 Å². The summed E-state index contributed by atoms with van der Waals surface area (Å²) in [7, 11) is 0. The van der Waals surface area contributed by atoms with Gasteiger partial charge in [-0.15, -0.1) is 0 Å². The Kier molecular flexibility index (Phi) is 3.30. The molecule has 1 aromatic rings. The van der Waals surface area contributed by atoms with Gasteiger partial charge in [-0.05, 0) is 85.9 Å². The number of nitrogens with zero attached hydrogens (tertiary/aromatic N) is 1. The third-order valence-electron chi connectivity index (χ3n) is 6.12. The van der Waals surface area contributed by atoms with Gasteiger partial charge in [0.15, 0.2) is 0 Å². The van der Waals surface area contributed by atoms with E-state index in [-0.39, 0.29) is 0 Å². The SMILES string of the molecule is CCCNC(Cc1ccncc1)C1C2C3CCC(C3)C21. The van der Waals surface area contributed by atoms with Crippen molar-refractivity contribution in [3.05, 3.63) is 30.1 Å². The Morgan fingerprint density at radius 1 is 1.20 bits per heavy atom. The average molecular weight is 270 g/mol. The van der Waals surface area contributed by atoms with Crippen LogP contribution in [0.3, 0.4) is 0 Å². The van der Waals surface area contributed by atoms with Gasteiger partial charge >= 0.3 is 0 Å². The maximum absolute atomic E-state index is 4.15. The van der Waals surface area contributed by atoms with Crippen molar-refractivity contribution < 1.29 is 0 Å². The summed E-state index contributed by atoms with van der Waals surface area (Å²) in [6, 6.07) is 5.08. The summed E-state index contributed by atoms with van der Waals surface area (Å²) >= 11 is 0. The van der Waals surface area contributed by atoms with Crippen molar-refractivity contribution in [3.63, 3.8) is 0 Å². The van der Waals surface area contributed by atoms with Crippen LogP contribution in [0.1, 0.15) is 38.2 Å². The Bertz CT molecular complexity index is 442. The van der Waals surface area contributed by atoms with Crippen molar-refractivity contribution in [2.24, 2.45) is 29.6 Å². The Hall–Kier alpha value is -0.890. The summed E-state index contributed by atoms with van der Waals surface area (Å²) in [6.45, 7) is 3.44. The van der Waals surface area contributed by atoms with Crippen molar-refractivity contribution >= 4 is 0 Å². The molecule has 3 saturated carbocycles. The minimum Gasteiger partial charge on any atom is -0.313 e. The van der Waals surface area contributed by atoms with Crippen LogP contribution in [0, 0.1) is 29.6 Å². The lowest BCUT2D eigenvalue weighted by Crippen LogP contribution is -2.35. The summed E-state index contributed by atoms with van der Waals surface area (Å²) in [6.07, 6.45) is 10.9. The van der Waals surface area contributed by atoms with Gasteiger partial charge in [0.1, 0.15) is 0 Å². The molecule has 1 N–H and O–H groups in total. The lowest BCUT2D eigenvalue weighted by atomic mass is 9.93. The summed E-state index contributed by atoms with van der Waals surface area (Å²) in [4.78, 5) is 4.15. The zero-order valence-electron chi connectivity index (χ0n) is 12.5. The van der Waals surface area contributed by atoms with Crippen LogP contribution in [-0.4, -0.2) is 17.6 Å². The maximum atomic E-state index is 4.15. The molecule has 0 amide bonds. The van der Waals surface area contributed by atoms with Crippen LogP contribution in [0.15, 0.2) is 24.5 Å². The van der Waals surface area contributed by atoms with Crippen LogP contribution in [0.5, 0.6) is 0 Å². The van der Waals surface area contributed by atoms with Gasteiger partial charge in [0.05, 0.1) is 0 Å². The van der Waals surface area contributed by atoms with E-state index >= 15 is 0 Å². The van der Waals surface area contributed by atoms with Gasteiger partial charge in [0, 0.05) is 18.4 Å². The van der Waals surface area contributed by atoms with Crippen LogP contribution in [0.4, 0.5) is 0 Å². The second-order valence-corrected chi connectivity index (χ2v) is 7.19. The van der Waals surface area contributed by atoms with Crippen LogP contribution < -0.4 is 5.32 Å². The summed E-state index contributed by atoms with van der Waals surface area (Å²) in [5.41, 5.74) is 1.45. The first kappa shape index (κ1) is 12.8. The molecule has 1 heterocycles. The van der Waals surface area contributed by atoms with Gasteiger partial charge in [0.25, 0.3) is 0 Å². The zero-order valence-corrected chi connectivity index (χ0v) is 12.5. The summed E-state index contributed by atoms with van der Waals surface area (Å²) in [5.74, 6) is 5.28. The Morgan fingerprint density at radius 2 is 1.90 bits per heavy atom. The third-order valence-corrected chi connectivity index (χ3v) is 6.12. The van der Waals surface area contributed by atoms with Crippen molar-refractivity contribution in [2.75, 3.05) is 6.54 Å². The van der Waals surface area contributed by atoms with Crippen molar-refractivity contribution in [1.29, 1.82) is 0 Å². The van der Waals surface area contributed by atoms with Crippen LogP contribution >= 0.6 is 0 Å². The Morgan fingerprint density at radius 3 is 2.55 bits per heavy atom. The summed E-state index contributed by atoms with van der Waals surface area (Å²) < 4.78 is 0. The predicted octanol–water partition coefficient (Wildman–Crippen LogP) is 3.28. The van der Waals surface area contributed by atoms with Gasteiger partial charge in [-0.2, -0.15) is 0 Å². The molecule has 4 rings (SSSR count). The quantitative estimate of drug-likeness (QED) is 0.858. The molecule has 1 aromatic heterocycles. The first-order chi connectivity index (χ1) is 9.88. The largest absolute Gasteiger partial charge is 0.313 e. The van der Waals surface area contributed by atoms with E-state index in [0.29, 0.717) is 6.04 Å². The summed E-state index contributed by atoms with van der Waals surface area (Å²) in [5, 5.41) is 3.86. The number of fused-ring (bicyclic) bond motifs is 5. The van der Waals surface area contributed by atoms with Crippen molar-refractivity contribution in [1.82, 2.24) is 10.3 Å². The van der Waals surface area contributed by atoms with E-state index in [9.17, 15) is 0 Å². The molecular weight excluding hydrogens is 244 g/mol. The lowest BCUT2D eigenvalue weighted by molar-refractivity contribution is 0.361. The Balaban J connectivity index is 1.46. The van der Waals surface area contributed by atoms with Crippen molar-refractivity contribution in [3.8, 4) is 0 Å². The Labute approximate surface area is 122 Å². The molecule has 108 valence electrons. The average Bonchev–Trinajstić information content (AvgIpc) is 2.91. The first-order valence-corrected chi connectivity index (χ1v) is 8.50. The van der Waals surface area contributed by atoms with E-state index in [1.807, 2.05) is 12.4 Å². The monoisotopic (exact) mass is 270 g/mol. The fourth-order valence-corrected chi connectivity index (χ4v) is 5.38. The molecule has 0 aliphatic heterocycles. The highest BCUT2D eigenvalue weighted by Crippen LogP contribution is 2.70. The van der Waals surface area contributed by atoms with Crippen LogP contribution in [-0.2, 0) is 6.42 Å². The van der Waals surface area contributed by atoms with E-state index in [1.54, 1.807) is 6.42 Å². The lowest BCUT2D eigenvalue weighted by Gasteiger charge is -2.22. The number of rotatable bonds is 6. The van der Waals surface area contributed by atoms with E-state index in [2.05, 4.69) is 29.4 Å². The predicted molar refractivity (Wildman–Crippen MR) is 81.3 cm³/mol.